The maximum atomic E-state index is 13.9. The van der Waals surface area contributed by atoms with Crippen LogP contribution in [0.2, 0.25) is 0 Å². The van der Waals surface area contributed by atoms with Gasteiger partial charge in [-0.15, -0.1) is 0 Å². The van der Waals surface area contributed by atoms with Gasteiger partial charge < -0.3 is 24.4 Å². The van der Waals surface area contributed by atoms with Crippen molar-refractivity contribution < 1.29 is 32.2 Å². The molecule has 1 heterocycles. The maximum absolute atomic E-state index is 13.9. The van der Waals surface area contributed by atoms with Crippen molar-refractivity contribution in [3.05, 3.63) is 48.0 Å². The van der Waals surface area contributed by atoms with Crippen LogP contribution in [-0.4, -0.2) is 63.9 Å². The number of hydrogen-bond donors (Lipinski definition) is 1. The van der Waals surface area contributed by atoms with Crippen molar-refractivity contribution >= 4 is 27.5 Å². The van der Waals surface area contributed by atoms with Crippen LogP contribution in [-0.2, 0) is 26.2 Å². The Bertz CT molecular complexity index is 1260. The molecular formula is C28H37N3O7S. The standard InChI is InChI=1S/C28H37N3O7S/c1-4-24(28(33)29-21-8-6-5-7-9-21)30(17-20-10-13-23(36-2)14-11-20)27(32)18-31(39(3,34)35)22-12-15-25-26(16-22)38-19-37-25/h10-16,21,24H,4-9,17-19H2,1-3H3,(H,29,33). The summed E-state index contributed by atoms with van der Waals surface area (Å²) in [6, 6.07) is 11.3. The van der Waals surface area contributed by atoms with Gasteiger partial charge >= 0.3 is 0 Å². The van der Waals surface area contributed by atoms with Crippen molar-refractivity contribution in [3.8, 4) is 17.2 Å². The number of rotatable bonds is 11. The molecule has 2 aliphatic rings. The Morgan fingerprint density at radius 3 is 2.38 bits per heavy atom. The first kappa shape index (κ1) is 28.5. The van der Waals surface area contributed by atoms with Crippen molar-refractivity contribution in [1.82, 2.24) is 10.2 Å². The fourth-order valence-corrected chi connectivity index (χ4v) is 5.89. The highest BCUT2D eigenvalue weighted by Crippen LogP contribution is 2.36. The van der Waals surface area contributed by atoms with Crippen LogP contribution in [0.5, 0.6) is 17.2 Å². The van der Waals surface area contributed by atoms with Gasteiger partial charge in [0, 0.05) is 18.7 Å². The van der Waals surface area contributed by atoms with Gasteiger partial charge in [-0.25, -0.2) is 8.42 Å². The lowest BCUT2D eigenvalue weighted by Gasteiger charge is -2.34. The molecule has 11 heteroatoms. The van der Waals surface area contributed by atoms with E-state index in [1.165, 1.54) is 11.0 Å². The third-order valence-corrected chi connectivity index (χ3v) is 8.31. The molecule has 0 saturated heterocycles. The lowest BCUT2D eigenvalue weighted by Crippen LogP contribution is -2.53. The van der Waals surface area contributed by atoms with Crippen LogP contribution < -0.4 is 23.8 Å². The Morgan fingerprint density at radius 2 is 1.74 bits per heavy atom. The second kappa shape index (κ2) is 12.6. The lowest BCUT2D eigenvalue weighted by molar-refractivity contribution is -0.140. The Morgan fingerprint density at radius 1 is 1.05 bits per heavy atom. The van der Waals surface area contributed by atoms with Crippen LogP contribution in [0, 0.1) is 0 Å². The predicted octanol–water partition coefficient (Wildman–Crippen LogP) is 3.45. The lowest BCUT2D eigenvalue weighted by atomic mass is 9.95. The summed E-state index contributed by atoms with van der Waals surface area (Å²) in [5.74, 6) is 0.872. The summed E-state index contributed by atoms with van der Waals surface area (Å²) in [4.78, 5) is 28.8. The molecule has 1 unspecified atom stereocenters. The number of hydrogen-bond acceptors (Lipinski definition) is 7. The monoisotopic (exact) mass is 559 g/mol. The molecule has 0 spiro atoms. The number of ether oxygens (including phenoxy) is 3. The number of anilines is 1. The van der Waals surface area contributed by atoms with Crippen LogP contribution in [0.25, 0.3) is 0 Å². The minimum Gasteiger partial charge on any atom is -0.497 e. The summed E-state index contributed by atoms with van der Waals surface area (Å²) in [5, 5.41) is 3.14. The predicted molar refractivity (Wildman–Crippen MR) is 147 cm³/mol. The molecule has 2 aromatic rings. The molecule has 2 amide bonds. The zero-order valence-corrected chi connectivity index (χ0v) is 23.5. The van der Waals surface area contributed by atoms with E-state index in [1.807, 2.05) is 19.1 Å². The number of carbonyl (C=O) groups is 2. The van der Waals surface area contributed by atoms with Gasteiger partial charge in [0.25, 0.3) is 0 Å². The summed E-state index contributed by atoms with van der Waals surface area (Å²) in [7, 11) is -2.28. The number of carbonyl (C=O) groups excluding carboxylic acids is 2. The largest absolute Gasteiger partial charge is 0.497 e. The summed E-state index contributed by atoms with van der Waals surface area (Å²) in [6.07, 6.45) is 6.55. The minimum atomic E-state index is -3.85. The molecule has 1 N–H and O–H groups in total. The quantitative estimate of drug-likeness (QED) is 0.449. The van der Waals surface area contributed by atoms with E-state index in [0.29, 0.717) is 23.7 Å². The molecule has 10 nitrogen and oxygen atoms in total. The molecule has 39 heavy (non-hydrogen) atoms. The van der Waals surface area contributed by atoms with Gasteiger partial charge in [-0.3, -0.25) is 13.9 Å². The van der Waals surface area contributed by atoms with E-state index in [-0.39, 0.29) is 31.0 Å². The zero-order chi connectivity index (χ0) is 28.0. The first-order valence-corrected chi connectivity index (χ1v) is 15.1. The summed E-state index contributed by atoms with van der Waals surface area (Å²) in [6.45, 7) is 1.56. The molecule has 1 atom stereocenters. The summed E-state index contributed by atoms with van der Waals surface area (Å²) < 4.78 is 42.7. The van der Waals surface area contributed by atoms with Crippen LogP contribution in [0.15, 0.2) is 42.5 Å². The van der Waals surface area contributed by atoms with Crippen LogP contribution in [0.4, 0.5) is 5.69 Å². The molecule has 1 aliphatic carbocycles. The topological polar surface area (TPSA) is 114 Å². The van der Waals surface area contributed by atoms with Gasteiger partial charge in [0.15, 0.2) is 11.5 Å². The molecule has 0 aromatic heterocycles. The van der Waals surface area contributed by atoms with Crippen LogP contribution in [0.3, 0.4) is 0 Å². The Hall–Kier alpha value is -3.47. The van der Waals surface area contributed by atoms with E-state index < -0.39 is 28.5 Å². The van der Waals surface area contributed by atoms with E-state index in [9.17, 15) is 18.0 Å². The van der Waals surface area contributed by atoms with Gasteiger partial charge in [-0.1, -0.05) is 38.3 Å². The third-order valence-electron chi connectivity index (χ3n) is 7.17. The molecule has 4 rings (SSSR count). The van der Waals surface area contributed by atoms with E-state index in [4.69, 9.17) is 14.2 Å². The van der Waals surface area contributed by atoms with Crippen molar-refractivity contribution in [3.63, 3.8) is 0 Å². The Balaban J connectivity index is 1.61. The maximum Gasteiger partial charge on any atom is 0.244 e. The van der Waals surface area contributed by atoms with Crippen LogP contribution >= 0.6 is 0 Å². The number of nitrogens with one attached hydrogen (secondary N) is 1. The van der Waals surface area contributed by atoms with Crippen molar-refractivity contribution in [1.29, 1.82) is 0 Å². The fraction of sp³-hybridized carbons (Fsp3) is 0.500. The zero-order valence-electron chi connectivity index (χ0n) is 22.7. The molecule has 2 aromatic carbocycles. The van der Waals surface area contributed by atoms with Gasteiger partial charge in [0.1, 0.15) is 18.3 Å². The van der Waals surface area contributed by atoms with Crippen molar-refractivity contribution in [2.24, 2.45) is 0 Å². The number of benzene rings is 2. The van der Waals surface area contributed by atoms with E-state index in [2.05, 4.69) is 5.32 Å². The molecular weight excluding hydrogens is 522 g/mol. The molecule has 1 saturated carbocycles. The molecule has 0 radical (unpaired) electrons. The number of methoxy groups -OCH3 is 1. The fourth-order valence-electron chi connectivity index (χ4n) is 5.05. The molecule has 0 bridgehead atoms. The normalized spacial score (nSPS) is 15.9. The summed E-state index contributed by atoms with van der Waals surface area (Å²) >= 11 is 0. The highest BCUT2D eigenvalue weighted by atomic mass is 32.2. The first-order valence-electron chi connectivity index (χ1n) is 13.3. The summed E-state index contributed by atoms with van der Waals surface area (Å²) in [5.41, 5.74) is 1.07. The number of fused-ring (bicyclic) bond motifs is 1. The molecule has 1 aliphatic heterocycles. The van der Waals surface area contributed by atoms with Crippen molar-refractivity contribution in [2.75, 3.05) is 31.0 Å². The van der Waals surface area contributed by atoms with Gasteiger partial charge in [0.2, 0.25) is 28.6 Å². The average molecular weight is 560 g/mol. The molecule has 1 fully saturated rings. The average Bonchev–Trinajstić information content (AvgIpc) is 3.40. The third kappa shape index (κ3) is 7.14. The SMILES string of the molecule is CCC(C(=O)NC1CCCCC1)N(Cc1ccc(OC)cc1)C(=O)CN(c1ccc2c(c1)OCO2)S(C)(=O)=O. The van der Waals surface area contributed by atoms with E-state index in [1.54, 1.807) is 31.4 Å². The van der Waals surface area contributed by atoms with Gasteiger partial charge in [-0.2, -0.15) is 0 Å². The van der Waals surface area contributed by atoms with E-state index in [0.717, 1.165) is 48.2 Å². The minimum absolute atomic E-state index is 0.0422. The van der Waals surface area contributed by atoms with Crippen LogP contribution in [0.1, 0.15) is 51.0 Å². The Labute approximate surface area is 230 Å². The highest BCUT2D eigenvalue weighted by Gasteiger charge is 2.33. The number of sulfonamides is 1. The van der Waals surface area contributed by atoms with E-state index >= 15 is 0 Å². The molecule has 212 valence electrons. The second-order valence-corrected chi connectivity index (χ2v) is 11.9. The first-order chi connectivity index (χ1) is 18.7. The highest BCUT2D eigenvalue weighted by molar-refractivity contribution is 7.92. The smallest absolute Gasteiger partial charge is 0.244 e. The second-order valence-electron chi connectivity index (χ2n) is 9.94. The van der Waals surface area contributed by atoms with Gasteiger partial charge in [-0.05, 0) is 49.1 Å². The number of nitrogens with zero attached hydrogens (tertiary/aromatic N) is 2. The Kier molecular flexibility index (Phi) is 9.21. The van der Waals surface area contributed by atoms with Gasteiger partial charge in [0.05, 0.1) is 19.1 Å². The number of amides is 2. The van der Waals surface area contributed by atoms with Crippen molar-refractivity contribution in [2.45, 2.75) is 64.1 Å².